The third kappa shape index (κ3) is 3.24. The molecule has 2 saturated heterocycles. The number of carboxylic acids is 1. The number of carboxylic acid groups (broad SMARTS) is 1. The number of anilines is 1. The topological polar surface area (TPSA) is 56.7 Å². The van der Waals surface area contributed by atoms with E-state index in [0.717, 1.165) is 37.7 Å². The lowest BCUT2D eigenvalue weighted by Gasteiger charge is -2.38. The predicted molar refractivity (Wildman–Crippen MR) is 86.4 cm³/mol. The van der Waals surface area contributed by atoms with E-state index in [1.54, 1.807) is 12.1 Å². The zero-order valence-corrected chi connectivity index (χ0v) is 13.2. The first-order valence-electron chi connectivity index (χ1n) is 8.34. The Morgan fingerprint density at radius 2 is 1.91 bits per heavy atom. The van der Waals surface area contributed by atoms with Gasteiger partial charge in [-0.25, -0.2) is 9.78 Å². The van der Waals surface area contributed by atoms with Crippen LogP contribution in [-0.4, -0.2) is 53.2 Å². The monoisotopic (exact) mass is 303 g/mol. The minimum Gasteiger partial charge on any atom is -0.477 e. The average molecular weight is 303 g/mol. The van der Waals surface area contributed by atoms with Gasteiger partial charge in [0.1, 0.15) is 5.82 Å². The third-order valence-electron chi connectivity index (χ3n) is 5.22. The van der Waals surface area contributed by atoms with Crippen LogP contribution in [0.25, 0.3) is 0 Å². The van der Waals surface area contributed by atoms with E-state index in [0.29, 0.717) is 6.04 Å². The van der Waals surface area contributed by atoms with Crippen LogP contribution >= 0.6 is 0 Å². The maximum atomic E-state index is 11.0. The summed E-state index contributed by atoms with van der Waals surface area (Å²) in [6.07, 6.45) is 5.01. The molecule has 1 aromatic heterocycles. The van der Waals surface area contributed by atoms with E-state index >= 15 is 0 Å². The van der Waals surface area contributed by atoms with Crippen LogP contribution in [0.5, 0.6) is 0 Å². The van der Waals surface area contributed by atoms with Crippen LogP contribution in [0.3, 0.4) is 0 Å². The van der Waals surface area contributed by atoms with Crippen molar-refractivity contribution >= 4 is 11.8 Å². The molecule has 0 unspecified atom stereocenters. The van der Waals surface area contributed by atoms with Crippen LogP contribution in [0.15, 0.2) is 18.2 Å². The van der Waals surface area contributed by atoms with Crippen molar-refractivity contribution in [2.75, 3.05) is 31.1 Å². The predicted octanol–water partition coefficient (Wildman–Crippen LogP) is 2.48. The number of pyridine rings is 1. The van der Waals surface area contributed by atoms with Crippen LogP contribution in [-0.2, 0) is 0 Å². The molecule has 5 heteroatoms. The number of aromatic carboxylic acids is 1. The Morgan fingerprint density at radius 1 is 1.23 bits per heavy atom. The van der Waals surface area contributed by atoms with Gasteiger partial charge in [0.05, 0.1) is 0 Å². The van der Waals surface area contributed by atoms with E-state index in [1.165, 1.54) is 25.9 Å². The molecular formula is C17H25N3O2. The molecule has 2 aliphatic heterocycles. The van der Waals surface area contributed by atoms with Gasteiger partial charge in [0.25, 0.3) is 0 Å². The number of rotatable bonds is 4. The van der Waals surface area contributed by atoms with Crippen molar-refractivity contribution in [2.24, 2.45) is 5.92 Å². The number of piperidine rings is 1. The first-order chi connectivity index (χ1) is 10.6. The van der Waals surface area contributed by atoms with Crippen molar-refractivity contribution in [1.29, 1.82) is 0 Å². The van der Waals surface area contributed by atoms with E-state index < -0.39 is 5.97 Å². The van der Waals surface area contributed by atoms with E-state index in [4.69, 9.17) is 5.11 Å². The average Bonchev–Trinajstić information content (AvgIpc) is 3.09. The molecule has 0 amide bonds. The molecule has 120 valence electrons. The number of likely N-dealkylation sites (tertiary alicyclic amines) is 1. The Labute approximate surface area is 131 Å². The highest BCUT2D eigenvalue weighted by Crippen LogP contribution is 2.28. The lowest BCUT2D eigenvalue weighted by Crippen LogP contribution is -2.43. The van der Waals surface area contributed by atoms with Gasteiger partial charge in [0, 0.05) is 19.1 Å². The van der Waals surface area contributed by atoms with Crippen molar-refractivity contribution in [3.63, 3.8) is 0 Å². The largest absolute Gasteiger partial charge is 0.477 e. The van der Waals surface area contributed by atoms with Gasteiger partial charge >= 0.3 is 5.97 Å². The Kier molecular flexibility index (Phi) is 4.62. The maximum Gasteiger partial charge on any atom is 0.354 e. The quantitative estimate of drug-likeness (QED) is 0.926. The van der Waals surface area contributed by atoms with Gasteiger partial charge in [-0.15, -0.1) is 0 Å². The molecular weight excluding hydrogens is 278 g/mol. The van der Waals surface area contributed by atoms with Gasteiger partial charge in [-0.3, -0.25) is 0 Å². The van der Waals surface area contributed by atoms with Crippen LogP contribution in [0, 0.1) is 5.92 Å². The maximum absolute atomic E-state index is 11.0. The molecule has 0 radical (unpaired) electrons. The summed E-state index contributed by atoms with van der Waals surface area (Å²) in [5, 5.41) is 9.06. The van der Waals surface area contributed by atoms with Crippen LogP contribution in [0.1, 0.15) is 43.1 Å². The summed E-state index contributed by atoms with van der Waals surface area (Å²) in [5.41, 5.74) is 0.130. The Balaban J connectivity index is 1.59. The highest BCUT2D eigenvalue weighted by Gasteiger charge is 2.29. The van der Waals surface area contributed by atoms with Gasteiger partial charge in [-0.1, -0.05) is 6.07 Å². The summed E-state index contributed by atoms with van der Waals surface area (Å²) in [7, 11) is 0. The van der Waals surface area contributed by atoms with Gasteiger partial charge in [-0.05, 0) is 63.7 Å². The number of aromatic nitrogens is 1. The number of nitrogens with zero attached hydrogens (tertiary/aromatic N) is 3. The Bertz CT molecular complexity index is 520. The molecule has 0 saturated carbocycles. The standard InChI is InChI=1S/C17H25N3O2/c1-13(19-9-2-3-10-19)14-7-11-20(12-8-14)16-6-4-5-15(18-16)17(21)22/h4-6,13-14H,2-3,7-12H2,1H3,(H,21,22)/t13-/m0/s1. The van der Waals surface area contributed by atoms with Crippen molar-refractivity contribution in [3.05, 3.63) is 23.9 Å². The van der Waals surface area contributed by atoms with Gasteiger partial charge in [-0.2, -0.15) is 0 Å². The summed E-state index contributed by atoms with van der Waals surface area (Å²) in [5.74, 6) is 0.587. The van der Waals surface area contributed by atoms with E-state index in [9.17, 15) is 4.79 Å². The number of hydrogen-bond acceptors (Lipinski definition) is 4. The van der Waals surface area contributed by atoms with E-state index in [1.807, 2.05) is 6.07 Å². The fraction of sp³-hybridized carbons (Fsp3) is 0.647. The third-order valence-corrected chi connectivity index (χ3v) is 5.22. The minimum atomic E-state index is -0.959. The van der Waals surface area contributed by atoms with E-state index in [-0.39, 0.29) is 5.69 Å². The van der Waals surface area contributed by atoms with Gasteiger partial charge < -0.3 is 14.9 Å². The minimum absolute atomic E-state index is 0.130. The summed E-state index contributed by atoms with van der Waals surface area (Å²) in [4.78, 5) is 20.1. The zero-order valence-electron chi connectivity index (χ0n) is 13.2. The summed E-state index contributed by atoms with van der Waals surface area (Å²) in [6, 6.07) is 5.91. The molecule has 0 spiro atoms. The lowest BCUT2D eigenvalue weighted by molar-refractivity contribution is 0.0690. The molecule has 3 rings (SSSR count). The summed E-state index contributed by atoms with van der Waals surface area (Å²) >= 11 is 0. The molecule has 0 bridgehead atoms. The first-order valence-corrected chi connectivity index (χ1v) is 8.34. The van der Waals surface area contributed by atoms with Crippen molar-refractivity contribution in [3.8, 4) is 0 Å². The Hall–Kier alpha value is -1.62. The molecule has 2 fully saturated rings. The molecule has 2 aliphatic rings. The number of carbonyl (C=O) groups is 1. The van der Waals surface area contributed by atoms with Crippen molar-refractivity contribution < 1.29 is 9.90 Å². The second-order valence-corrected chi connectivity index (χ2v) is 6.49. The SMILES string of the molecule is C[C@@H](C1CCN(c2cccc(C(=O)O)n2)CC1)N1CCCC1. The summed E-state index contributed by atoms with van der Waals surface area (Å²) < 4.78 is 0. The number of hydrogen-bond donors (Lipinski definition) is 1. The molecule has 1 atom stereocenters. The van der Waals surface area contributed by atoms with Crippen molar-refractivity contribution in [2.45, 2.75) is 38.6 Å². The lowest BCUT2D eigenvalue weighted by atomic mass is 9.89. The van der Waals surface area contributed by atoms with Crippen LogP contribution in [0.2, 0.25) is 0 Å². The highest BCUT2D eigenvalue weighted by molar-refractivity contribution is 5.85. The molecule has 1 N–H and O–H groups in total. The zero-order chi connectivity index (χ0) is 15.5. The molecule has 1 aromatic rings. The molecule has 0 aliphatic carbocycles. The molecule has 3 heterocycles. The Morgan fingerprint density at radius 3 is 2.55 bits per heavy atom. The molecule has 22 heavy (non-hydrogen) atoms. The smallest absolute Gasteiger partial charge is 0.354 e. The van der Waals surface area contributed by atoms with Crippen LogP contribution in [0.4, 0.5) is 5.82 Å². The fourth-order valence-corrected chi connectivity index (χ4v) is 3.78. The second kappa shape index (κ2) is 6.65. The van der Waals surface area contributed by atoms with E-state index in [2.05, 4.69) is 21.7 Å². The summed E-state index contributed by atoms with van der Waals surface area (Å²) in [6.45, 7) is 6.82. The molecule has 5 nitrogen and oxygen atoms in total. The molecule has 0 aromatic carbocycles. The second-order valence-electron chi connectivity index (χ2n) is 6.49. The highest BCUT2D eigenvalue weighted by atomic mass is 16.4. The van der Waals surface area contributed by atoms with Gasteiger partial charge in [0.2, 0.25) is 0 Å². The fourth-order valence-electron chi connectivity index (χ4n) is 3.78. The van der Waals surface area contributed by atoms with Gasteiger partial charge in [0.15, 0.2) is 5.69 Å². The van der Waals surface area contributed by atoms with Crippen molar-refractivity contribution in [1.82, 2.24) is 9.88 Å². The van der Waals surface area contributed by atoms with Crippen LogP contribution < -0.4 is 4.90 Å². The normalized spacial score (nSPS) is 22.0. The first kappa shape index (κ1) is 15.3.